The minimum absolute atomic E-state index is 0.409. The van der Waals surface area contributed by atoms with Crippen LogP contribution in [0.5, 0.6) is 0 Å². The van der Waals surface area contributed by atoms with Crippen molar-refractivity contribution in [3.8, 4) is 0 Å². The summed E-state index contributed by atoms with van der Waals surface area (Å²) < 4.78 is -0.647. The molecule has 0 aliphatic carbocycles. The highest BCUT2D eigenvalue weighted by Gasteiger charge is 2.64. The molecule has 1 unspecified atom stereocenters. The van der Waals surface area contributed by atoms with Crippen LogP contribution in [0.25, 0.3) is 5.57 Å². The number of thiophene rings is 1. The Hall–Kier alpha value is -1.55. The first-order chi connectivity index (χ1) is 12.2. The smallest absolute Gasteiger partial charge is 0.327 e. The lowest BCUT2D eigenvalue weighted by Crippen LogP contribution is -2.71. The molecule has 1 aromatic rings. The van der Waals surface area contributed by atoms with Gasteiger partial charge in [0.2, 0.25) is 11.8 Å². The summed E-state index contributed by atoms with van der Waals surface area (Å²) in [5.74, 6) is -1.99. The van der Waals surface area contributed by atoms with Crippen LogP contribution in [-0.2, 0) is 14.4 Å². The summed E-state index contributed by atoms with van der Waals surface area (Å²) in [7, 11) is 0. The van der Waals surface area contributed by atoms with Gasteiger partial charge in [-0.15, -0.1) is 23.1 Å². The molecule has 10 heteroatoms. The highest BCUT2D eigenvalue weighted by molar-refractivity contribution is 8.01. The normalized spacial score (nSPS) is 28.3. The first-order valence-electron chi connectivity index (χ1n) is 7.82. The third kappa shape index (κ3) is 3.02. The molecule has 7 nitrogen and oxygen atoms in total. The molecular weight excluding hydrogens is 398 g/mol. The molecule has 4 atom stereocenters. The summed E-state index contributed by atoms with van der Waals surface area (Å²) in [6, 6.07) is 0.887. The summed E-state index contributed by atoms with van der Waals surface area (Å²) in [6.45, 7) is 3.55. The Morgan fingerprint density at radius 3 is 2.73 bits per heavy atom. The predicted octanol–water partition coefficient (Wildman–Crippen LogP) is 1.29. The van der Waals surface area contributed by atoms with Crippen LogP contribution >= 0.6 is 34.7 Å². The molecule has 2 aliphatic rings. The third-order valence-electron chi connectivity index (χ3n) is 4.51. The number of halogens is 1. The number of amides is 2. The Morgan fingerprint density at radius 2 is 2.19 bits per heavy atom. The van der Waals surface area contributed by atoms with Crippen LogP contribution in [0, 0.1) is 0 Å². The van der Waals surface area contributed by atoms with E-state index in [0.717, 1.165) is 4.88 Å². The first-order valence-corrected chi connectivity index (χ1v) is 10.0. The maximum absolute atomic E-state index is 12.5. The first kappa shape index (κ1) is 19.2. The zero-order valence-electron chi connectivity index (χ0n) is 14.0. The van der Waals surface area contributed by atoms with E-state index in [9.17, 15) is 19.5 Å². The minimum atomic E-state index is -1.05. The number of nitrogens with zero attached hydrogens (tertiary/aromatic N) is 1. The number of fused-ring (bicyclic) bond motifs is 1. The van der Waals surface area contributed by atoms with Gasteiger partial charge in [-0.25, -0.2) is 4.79 Å². The van der Waals surface area contributed by atoms with Gasteiger partial charge in [0.1, 0.15) is 23.5 Å². The van der Waals surface area contributed by atoms with Crippen LogP contribution in [-0.4, -0.2) is 56.0 Å². The molecule has 2 saturated heterocycles. The number of β-lactam (4-membered cyclic amide) rings is 1. The average Bonchev–Trinajstić information content (AvgIpc) is 3.17. The highest BCUT2D eigenvalue weighted by Crippen LogP contribution is 2.50. The van der Waals surface area contributed by atoms with Crippen LogP contribution in [0.1, 0.15) is 18.7 Å². The van der Waals surface area contributed by atoms with Crippen LogP contribution < -0.4 is 11.1 Å². The van der Waals surface area contributed by atoms with Crippen molar-refractivity contribution in [2.45, 2.75) is 42.1 Å². The molecule has 140 valence electrons. The Balaban J connectivity index is 1.72. The highest BCUT2D eigenvalue weighted by atomic mass is 35.5. The number of carboxylic acids is 1. The van der Waals surface area contributed by atoms with Gasteiger partial charge in [0.25, 0.3) is 0 Å². The monoisotopic (exact) mass is 415 g/mol. The summed E-state index contributed by atoms with van der Waals surface area (Å²) >= 11 is 8.60. The number of hydrogen-bond acceptors (Lipinski definition) is 6. The van der Waals surface area contributed by atoms with E-state index >= 15 is 0 Å². The Labute approximate surface area is 163 Å². The Bertz CT molecular complexity index is 780. The Kier molecular flexibility index (Phi) is 5.08. The lowest BCUT2D eigenvalue weighted by atomic mass is 9.95. The molecule has 2 fully saturated rings. The maximum atomic E-state index is 12.5. The van der Waals surface area contributed by atoms with Gasteiger partial charge in [-0.05, 0) is 25.3 Å². The average molecular weight is 416 g/mol. The zero-order chi connectivity index (χ0) is 19.2. The lowest BCUT2D eigenvalue weighted by molar-refractivity contribution is -0.161. The zero-order valence-corrected chi connectivity index (χ0v) is 16.4. The number of carbonyl (C=O) groups is 3. The fourth-order valence-corrected chi connectivity index (χ4v) is 5.97. The molecule has 0 spiro atoms. The van der Waals surface area contributed by atoms with Crippen LogP contribution in [0.2, 0.25) is 0 Å². The van der Waals surface area contributed by atoms with E-state index in [1.54, 1.807) is 19.9 Å². The number of rotatable bonds is 5. The van der Waals surface area contributed by atoms with Gasteiger partial charge in [0, 0.05) is 20.7 Å². The third-order valence-corrected chi connectivity index (χ3v) is 7.24. The maximum Gasteiger partial charge on any atom is 0.327 e. The van der Waals surface area contributed by atoms with Gasteiger partial charge in [0.15, 0.2) is 0 Å². The molecule has 0 saturated carbocycles. The van der Waals surface area contributed by atoms with E-state index in [-0.39, 0.29) is 0 Å². The van der Waals surface area contributed by atoms with Gasteiger partial charge in [-0.3, -0.25) is 9.59 Å². The van der Waals surface area contributed by atoms with Crippen molar-refractivity contribution < 1.29 is 19.5 Å². The Morgan fingerprint density at radius 1 is 1.50 bits per heavy atom. The van der Waals surface area contributed by atoms with E-state index in [2.05, 4.69) is 5.32 Å². The van der Waals surface area contributed by atoms with Gasteiger partial charge in [0.05, 0.1) is 0 Å². The number of aliphatic carboxylic acids is 1. The second-order valence-corrected chi connectivity index (χ2v) is 9.54. The number of nitrogens with one attached hydrogen (secondary N) is 1. The fourth-order valence-electron chi connectivity index (χ4n) is 3.25. The molecular formula is C16H18ClN3O4S2. The second kappa shape index (κ2) is 6.88. The quantitative estimate of drug-likeness (QED) is 0.624. The van der Waals surface area contributed by atoms with E-state index < -0.39 is 46.0 Å². The number of hydrogen-bond donors (Lipinski definition) is 3. The lowest BCUT2D eigenvalue weighted by Gasteiger charge is -2.43. The van der Waals surface area contributed by atoms with E-state index in [1.165, 1.54) is 33.5 Å². The van der Waals surface area contributed by atoms with Gasteiger partial charge in [-0.1, -0.05) is 17.7 Å². The predicted molar refractivity (Wildman–Crippen MR) is 102 cm³/mol. The van der Waals surface area contributed by atoms with E-state index in [4.69, 9.17) is 17.3 Å². The van der Waals surface area contributed by atoms with Crippen molar-refractivity contribution in [1.82, 2.24) is 10.2 Å². The minimum Gasteiger partial charge on any atom is -0.480 e. The second-order valence-electron chi connectivity index (χ2n) is 6.60. The molecule has 26 heavy (non-hydrogen) atoms. The van der Waals surface area contributed by atoms with Crippen molar-refractivity contribution in [2.75, 3.05) is 0 Å². The fraction of sp³-hybridized carbons (Fsp3) is 0.438. The van der Waals surface area contributed by atoms with Crippen molar-refractivity contribution in [1.29, 1.82) is 0 Å². The summed E-state index contributed by atoms with van der Waals surface area (Å²) in [5, 5.41) is 13.5. The van der Waals surface area contributed by atoms with Crippen molar-refractivity contribution in [3.05, 3.63) is 27.9 Å². The standard InChI is InChI=1S/C16H18ClN3O4S2/c1-16(2)11(15(23)24)20-13(22)10(14(20)26-16)19-12(21)9(18)7(6-17)8-4-3-5-25-8/h3-6,9-11,14H,18H2,1-2H3,(H,19,21)(H,23,24)/b7-6-/t9?,10-,11-,14+/m0/s1. The number of thioether (sulfide) groups is 1. The molecule has 2 amide bonds. The van der Waals surface area contributed by atoms with Crippen molar-refractivity contribution in [2.24, 2.45) is 5.73 Å². The topological polar surface area (TPSA) is 113 Å². The summed E-state index contributed by atoms with van der Waals surface area (Å²) in [6.07, 6.45) is 0. The molecule has 2 aliphatic heterocycles. The summed E-state index contributed by atoms with van der Waals surface area (Å²) in [4.78, 5) is 38.6. The molecule has 0 bridgehead atoms. The SMILES string of the molecule is CC1(C)S[C@@H]2[C@@H](NC(=O)C(N)/C(=C\Cl)c3cccs3)C(=O)N2[C@H]1C(=O)O. The van der Waals surface area contributed by atoms with Gasteiger partial charge < -0.3 is 21.1 Å². The number of carbonyl (C=O) groups excluding carboxylic acids is 2. The molecule has 1 aromatic heterocycles. The molecule has 3 rings (SSSR count). The van der Waals surface area contributed by atoms with Crippen LogP contribution in [0.4, 0.5) is 0 Å². The van der Waals surface area contributed by atoms with Crippen LogP contribution in [0.15, 0.2) is 23.0 Å². The van der Waals surface area contributed by atoms with Gasteiger partial charge >= 0.3 is 5.97 Å². The van der Waals surface area contributed by atoms with Gasteiger partial charge in [-0.2, -0.15) is 0 Å². The molecule has 0 radical (unpaired) electrons. The molecule has 3 heterocycles. The van der Waals surface area contributed by atoms with Crippen molar-refractivity contribution in [3.63, 3.8) is 0 Å². The molecule has 4 N–H and O–H groups in total. The van der Waals surface area contributed by atoms with E-state index in [1.807, 2.05) is 11.4 Å². The summed E-state index contributed by atoms with van der Waals surface area (Å²) in [5.41, 5.74) is 7.74. The largest absolute Gasteiger partial charge is 0.480 e. The number of carboxylic acid groups (broad SMARTS) is 1. The van der Waals surface area contributed by atoms with Crippen LogP contribution in [0.3, 0.4) is 0 Å². The van der Waals surface area contributed by atoms with Crippen molar-refractivity contribution >= 4 is 58.1 Å². The van der Waals surface area contributed by atoms with E-state index in [0.29, 0.717) is 5.57 Å². The molecule has 0 aromatic carbocycles. The number of nitrogens with two attached hydrogens (primary N) is 1.